The maximum absolute atomic E-state index is 2.38. The second-order valence-electron chi connectivity index (χ2n) is 12.9. The molecule has 1 nitrogen and oxygen atoms in total. The SMILES string of the molecule is c1ccc(-c2ccc(N(c3ccc(-c4cccc5c4ccc4c6ccccc6ccc54)cc3)c3ccc4c(c3)sc3ccccc34)cc2)cc1. The highest BCUT2D eigenvalue weighted by Gasteiger charge is 2.16. The molecule has 0 N–H and O–H groups in total. The van der Waals surface area contributed by atoms with E-state index in [0.717, 1.165) is 17.1 Å². The number of nitrogens with zero attached hydrogens (tertiary/aromatic N) is 1. The number of anilines is 3. The van der Waals surface area contributed by atoms with Gasteiger partial charge in [0.2, 0.25) is 0 Å². The van der Waals surface area contributed by atoms with Gasteiger partial charge in [0.25, 0.3) is 0 Å². The van der Waals surface area contributed by atoms with Gasteiger partial charge in [0, 0.05) is 37.2 Å². The molecule has 10 aromatic rings. The number of fused-ring (bicyclic) bond motifs is 8. The number of thiophene rings is 1. The average molecular weight is 654 g/mol. The zero-order chi connectivity index (χ0) is 33.0. The Morgan fingerprint density at radius 2 is 0.840 bits per heavy atom. The van der Waals surface area contributed by atoms with Crippen LogP contribution in [0.3, 0.4) is 0 Å². The van der Waals surface area contributed by atoms with Gasteiger partial charge in [0.15, 0.2) is 0 Å². The molecular formula is C48H31NS. The molecule has 0 atom stereocenters. The van der Waals surface area contributed by atoms with Crippen LogP contribution in [0.1, 0.15) is 0 Å². The first-order valence-corrected chi connectivity index (χ1v) is 17.9. The van der Waals surface area contributed by atoms with Crippen LogP contribution in [0, 0.1) is 0 Å². The van der Waals surface area contributed by atoms with Crippen LogP contribution in [0.5, 0.6) is 0 Å². The molecule has 0 amide bonds. The Bertz CT molecular complexity index is 2850. The first kappa shape index (κ1) is 28.8. The predicted molar refractivity (Wildman–Crippen MR) is 217 cm³/mol. The maximum atomic E-state index is 2.38. The standard InChI is InChI=1S/C48H31NS/c1-2-9-32(10-3-1)33-17-22-36(23-18-33)49(38-26-28-46-45-13-6-7-16-47(45)50-48(46)31-38)37-24-19-35(20-25-37)40-14-8-15-41-42(40)29-30-43-39-12-5-4-11-34(39)21-27-44(41)43/h1-31H. The van der Waals surface area contributed by atoms with Crippen molar-refractivity contribution in [2.24, 2.45) is 0 Å². The van der Waals surface area contributed by atoms with Crippen LogP contribution in [-0.4, -0.2) is 0 Å². The van der Waals surface area contributed by atoms with E-state index in [4.69, 9.17) is 0 Å². The zero-order valence-electron chi connectivity index (χ0n) is 27.3. The van der Waals surface area contributed by atoms with Crippen LogP contribution >= 0.6 is 11.3 Å². The minimum atomic E-state index is 1.12. The lowest BCUT2D eigenvalue weighted by Crippen LogP contribution is -2.09. The monoisotopic (exact) mass is 653 g/mol. The Hall–Kier alpha value is -6.22. The second kappa shape index (κ2) is 11.7. The summed E-state index contributed by atoms with van der Waals surface area (Å²) in [6.45, 7) is 0. The van der Waals surface area contributed by atoms with Crippen molar-refractivity contribution in [3.05, 3.63) is 188 Å². The van der Waals surface area contributed by atoms with Crippen LogP contribution < -0.4 is 4.90 Å². The zero-order valence-corrected chi connectivity index (χ0v) is 28.1. The molecular weight excluding hydrogens is 623 g/mol. The Balaban J connectivity index is 1.08. The molecule has 0 fully saturated rings. The van der Waals surface area contributed by atoms with Gasteiger partial charge in [0.05, 0.1) is 0 Å². The lowest BCUT2D eigenvalue weighted by atomic mass is 9.92. The Kier molecular flexibility index (Phi) is 6.75. The van der Waals surface area contributed by atoms with Crippen LogP contribution in [0.25, 0.3) is 74.7 Å². The highest BCUT2D eigenvalue weighted by atomic mass is 32.1. The smallest absolute Gasteiger partial charge is 0.0476 e. The Morgan fingerprint density at radius 1 is 0.300 bits per heavy atom. The summed E-state index contributed by atoms with van der Waals surface area (Å²) in [7, 11) is 0. The fraction of sp³-hybridized carbons (Fsp3) is 0. The van der Waals surface area contributed by atoms with Crippen molar-refractivity contribution in [3.8, 4) is 22.3 Å². The van der Waals surface area contributed by atoms with E-state index in [1.165, 1.54) is 74.7 Å². The van der Waals surface area contributed by atoms with E-state index >= 15 is 0 Å². The van der Waals surface area contributed by atoms with E-state index in [0.29, 0.717) is 0 Å². The highest BCUT2D eigenvalue weighted by molar-refractivity contribution is 7.25. The molecule has 0 spiro atoms. The summed E-state index contributed by atoms with van der Waals surface area (Å²) in [5.41, 5.74) is 8.28. The third-order valence-electron chi connectivity index (χ3n) is 10.1. The van der Waals surface area contributed by atoms with Crippen molar-refractivity contribution in [3.63, 3.8) is 0 Å². The molecule has 50 heavy (non-hydrogen) atoms. The Morgan fingerprint density at radius 3 is 1.66 bits per heavy atom. The first-order valence-electron chi connectivity index (χ1n) is 17.1. The molecule has 0 unspecified atom stereocenters. The number of benzene rings is 9. The van der Waals surface area contributed by atoms with Gasteiger partial charge in [-0.1, -0.05) is 146 Å². The van der Waals surface area contributed by atoms with E-state index in [2.05, 4.69) is 193 Å². The molecule has 1 aromatic heterocycles. The number of rotatable bonds is 5. The topological polar surface area (TPSA) is 3.24 Å². The average Bonchev–Trinajstić information content (AvgIpc) is 3.56. The van der Waals surface area contributed by atoms with Gasteiger partial charge in [-0.05, 0) is 97.0 Å². The van der Waals surface area contributed by atoms with Gasteiger partial charge < -0.3 is 4.90 Å². The summed E-state index contributed by atoms with van der Waals surface area (Å²) in [6.07, 6.45) is 0. The van der Waals surface area contributed by atoms with Crippen molar-refractivity contribution in [1.82, 2.24) is 0 Å². The van der Waals surface area contributed by atoms with Gasteiger partial charge in [-0.3, -0.25) is 0 Å². The third kappa shape index (κ3) is 4.76. The fourth-order valence-corrected chi connectivity index (χ4v) is 8.77. The van der Waals surface area contributed by atoms with Crippen molar-refractivity contribution in [1.29, 1.82) is 0 Å². The molecule has 2 heteroatoms. The third-order valence-corrected chi connectivity index (χ3v) is 11.2. The van der Waals surface area contributed by atoms with E-state index in [1.54, 1.807) is 0 Å². The number of hydrogen-bond acceptors (Lipinski definition) is 2. The van der Waals surface area contributed by atoms with Crippen LogP contribution in [-0.2, 0) is 0 Å². The molecule has 10 rings (SSSR count). The van der Waals surface area contributed by atoms with Gasteiger partial charge in [-0.25, -0.2) is 0 Å². The molecule has 0 aliphatic rings. The molecule has 0 saturated heterocycles. The molecule has 0 aliphatic carbocycles. The van der Waals surface area contributed by atoms with Crippen LogP contribution in [0.4, 0.5) is 17.1 Å². The highest BCUT2D eigenvalue weighted by Crippen LogP contribution is 2.42. The van der Waals surface area contributed by atoms with Crippen molar-refractivity contribution in [2.75, 3.05) is 4.90 Å². The van der Waals surface area contributed by atoms with E-state index in [1.807, 2.05) is 11.3 Å². The molecule has 0 saturated carbocycles. The van der Waals surface area contributed by atoms with E-state index in [-0.39, 0.29) is 0 Å². The molecule has 9 aromatic carbocycles. The van der Waals surface area contributed by atoms with Crippen LogP contribution in [0.15, 0.2) is 188 Å². The van der Waals surface area contributed by atoms with Gasteiger partial charge in [0.1, 0.15) is 0 Å². The van der Waals surface area contributed by atoms with Gasteiger partial charge >= 0.3 is 0 Å². The molecule has 1 heterocycles. The minimum absolute atomic E-state index is 1.12. The molecule has 0 bridgehead atoms. The van der Waals surface area contributed by atoms with Gasteiger partial charge in [-0.15, -0.1) is 11.3 Å². The summed E-state index contributed by atoms with van der Waals surface area (Å²) in [6, 6.07) is 68.7. The van der Waals surface area contributed by atoms with Crippen molar-refractivity contribution < 1.29 is 0 Å². The number of hydrogen-bond donors (Lipinski definition) is 0. The van der Waals surface area contributed by atoms with Crippen molar-refractivity contribution >= 4 is 80.9 Å². The molecule has 234 valence electrons. The summed E-state index contributed by atoms with van der Waals surface area (Å²) in [5.74, 6) is 0. The van der Waals surface area contributed by atoms with E-state index in [9.17, 15) is 0 Å². The van der Waals surface area contributed by atoms with E-state index < -0.39 is 0 Å². The largest absolute Gasteiger partial charge is 0.310 e. The summed E-state index contributed by atoms with van der Waals surface area (Å²) < 4.78 is 2.61. The lowest BCUT2D eigenvalue weighted by Gasteiger charge is -2.26. The van der Waals surface area contributed by atoms with Crippen molar-refractivity contribution in [2.45, 2.75) is 0 Å². The lowest BCUT2D eigenvalue weighted by molar-refractivity contribution is 1.29. The van der Waals surface area contributed by atoms with Crippen LogP contribution in [0.2, 0.25) is 0 Å². The first-order chi connectivity index (χ1) is 24.8. The summed E-state index contributed by atoms with van der Waals surface area (Å²) >= 11 is 1.86. The minimum Gasteiger partial charge on any atom is -0.310 e. The fourth-order valence-electron chi connectivity index (χ4n) is 7.63. The summed E-state index contributed by atoms with van der Waals surface area (Å²) in [5, 5.41) is 10.3. The van der Waals surface area contributed by atoms with Gasteiger partial charge in [-0.2, -0.15) is 0 Å². The Labute approximate surface area is 294 Å². The molecule has 0 radical (unpaired) electrons. The molecule has 0 aliphatic heterocycles. The second-order valence-corrected chi connectivity index (χ2v) is 14.0. The quantitative estimate of drug-likeness (QED) is 0.167. The maximum Gasteiger partial charge on any atom is 0.0476 e. The predicted octanol–water partition coefficient (Wildman–Crippen LogP) is 14.3. The normalized spacial score (nSPS) is 11.6. The summed E-state index contributed by atoms with van der Waals surface area (Å²) in [4.78, 5) is 2.38.